The average Bonchev–Trinajstić information content (AvgIpc) is 2.29. The Labute approximate surface area is 115 Å². The number of carbonyl (C=O) groups excluding carboxylic acids is 2. The molecule has 0 spiro atoms. The summed E-state index contributed by atoms with van der Waals surface area (Å²) in [5.41, 5.74) is -0.521. The Morgan fingerprint density at radius 1 is 1.16 bits per heavy atom. The molecule has 0 aliphatic carbocycles. The minimum Gasteiger partial charge on any atom is -0.460 e. The van der Waals surface area contributed by atoms with Crippen LogP contribution >= 0.6 is 0 Å². The molecule has 1 N–H and O–H groups in total. The number of hydrogen-bond donors (Lipinski definition) is 1. The van der Waals surface area contributed by atoms with Gasteiger partial charge in [-0.3, -0.25) is 9.59 Å². The molecule has 0 saturated heterocycles. The van der Waals surface area contributed by atoms with E-state index in [1.165, 1.54) is 0 Å². The van der Waals surface area contributed by atoms with E-state index in [-0.39, 0.29) is 31.3 Å². The molecule has 5 heteroatoms. The molecule has 0 aromatic rings. The lowest BCUT2D eigenvalue weighted by Gasteiger charge is -2.22. The highest BCUT2D eigenvalue weighted by Crippen LogP contribution is 2.10. The highest BCUT2D eigenvalue weighted by Gasteiger charge is 2.19. The predicted octanol–water partition coefficient (Wildman–Crippen LogP) is 1.73. The van der Waals surface area contributed by atoms with Crippen molar-refractivity contribution in [1.82, 2.24) is 4.90 Å². The molecule has 0 heterocycles. The minimum atomic E-state index is -0.521. The molecule has 0 radical (unpaired) electrons. The van der Waals surface area contributed by atoms with E-state index in [0.29, 0.717) is 13.1 Å². The first-order chi connectivity index (χ1) is 8.80. The van der Waals surface area contributed by atoms with Gasteiger partial charge in [-0.1, -0.05) is 13.3 Å². The zero-order chi connectivity index (χ0) is 14.9. The normalized spacial score (nSPS) is 11.2. The van der Waals surface area contributed by atoms with Crippen molar-refractivity contribution >= 4 is 11.9 Å². The van der Waals surface area contributed by atoms with E-state index < -0.39 is 5.60 Å². The Bertz CT molecular complexity index is 284. The van der Waals surface area contributed by atoms with Crippen LogP contribution in [0.4, 0.5) is 0 Å². The maximum atomic E-state index is 11.9. The van der Waals surface area contributed by atoms with Gasteiger partial charge in [0, 0.05) is 19.5 Å². The summed E-state index contributed by atoms with van der Waals surface area (Å²) in [6, 6.07) is 0. The first kappa shape index (κ1) is 17.9. The third kappa shape index (κ3) is 9.47. The van der Waals surface area contributed by atoms with Crippen LogP contribution in [0.25, 0.3) is 0 Å². The van der Waals surface area contributed by atoms with E-state index in [2.05, 4.69) is 0 Å². The average molecular weight is 273 g/mol. The van der Waals surface area contributed by atoms with Gasteiger partial charge in [-0.25, -0.2) is 0 Å². The summed E-state index contributed by atoms with van der Waals surface area (Å²) in [6.07, 6.45) is 2.11. The molecule has 0 saturated carbocycles. The SMILES string of the molecule is CCCCN(CCO)C(=O)CCC(=O)OC(C)(C)C. The number of esters is 1. The van der Waals surface area contributed by atoms with E-state index in [0.717, 1.165) is 12.8 Å². The third-order valence-corrected chi connectivity index (χ3v) is 2.47. The lowest BCUT2D eigenvalue weighted by molar-refractivity contribution is -0.156. The molecule has 0 aromatic heterocycles. The number of ether oxygens (including phenoxy) is 1. The van der Waals surface area contributed by atoms with Crippen LogP contribution in [0.5, 0.6) is 0 Å². The molecule has 0 aliphatic heterocycles. The van der Waals surface area contributed by atoms with Crippen molar-refractivity contribution < 1.29 is 19.4 Å². The summed E-state index contributed by atoms with van der Waals surface area (Å²) in [4.78, 5) is 25.0. The molecular formula is C14H27NO4. The number of carbonyl (C=O) groups is 2. The largest absolute Gasteiger partial charge is 0.460 e. The van der Waals surface area contributed by atoms with Crippen molar-refractivity contribution in [2.45, 2.75) is 59.0 Å². The number of hydrogen-bond acceptors (Lipinski definition) is 4. The van der Waals surface area contributed by atoms with Crippen LogP contribution in [-0.4, -0.2) is 47.2 Å². The Kier molecular flexibility index (Phi) is 8.39. The molecule has 0 unspecified atom stereocenters. The van der Waals surface area contributed by atoms with Crippen LogP contribution < -0.4 is 0 Å². The fourth-order valence-corrected chi connectivity index (χ4v) is 1.59. The second-order valence-corrected chi connectivity index (χ2v) is 5.54. The van der Waals surface area contributed by atoms with Crippen molar-refractivity contribution in [3.63, 3.8) is 0 Å². The van der Waals surface area contributed by atoms with E-state index in [9.17, 15) is 9.59 Å². The van der Waals surface area contributed by atoms with Crippen LogP contribution in [0.1, 0.15) is 53.4 Å². The van der Waals surface area contributed by atoms with Gasteiger partial charge >= 0.3 is 5.97 Å². The molecule has 0 aromatic carbocycles. The Balaban J connectivity index is 4.14. The number of unbranched alkanes of at least 4 members (excludes halogenated alkanes) is 1. The lowest BCUT2D eigenvalue weighted by Crippen LogP contribution is -2.35. The summed E-state index contributed by atoms with van der Waals surface area (Å²) in [6.45, 7) is 8.34. The second-order valence-electron chi connectivity index (χ2n) is 5.54. The summed E-state index contributed by atoms with van der Waals surface area (Å²) >= 11 is 0. The number of nitrogens with zero attached hydrogens (tertiary/aromatic N) is 1. The van der Waals surface area contributed by atoms with Gasteiger partial charge in [-0.15, -0.1) is 0 Å². The second kappa shape index (κ2) is 8.91. The van der Waals surface area contributed by atoms with Crippen molar-refractivity contribution in [2.24, 2.45) is 0 Å². The molecule has 0 fully saturated rings. The Morgan fingerprint density at radius 3 is 2.26 bits per heavy atom. The van der Waals surface area contributed by atoms with E-state index >= 15 is 0 Å². The molecule has 5 nitrogen and oxygen atoms in total. The molecule has 19 heavy (non-hydrogen) atoms. The van der Waals surface area contributed by atoms with Gasteiger partial charge in [0.05, 0.1) is 13.0 Å². The Morgan fingerprint density at radius 2 is 1.79 bits per heavy atom. The van der Waals surface area contributed by atoms with Gasteiger partial charge in [-0.2, -0.15) is 0 Å². The lowest BCUT2D eigenvalue weighted by atomic mass is 10.2. The summed E-state index contributed by atoms with van der Waals surface area (Å²) in [5.74, 6) is -0.464. The van der Waals surface area contributed by atoms with Crippen LogP contribution in [0.2, 0.25) is 0 Å². The van der Waals surface area contributed by atoms with Gasteiger partial charge < -0.3 is 14.7 Å². The van der Waals surface area contributed by atoms with E-state index in [4.69, 9.17) is 9.84 Å². The van der Waals surface area contributed by atoms with Crippen LogP contribution in [0, 0.1) is 0 Å². The van der Waals surface area contributed by atoms with Crippen LogP contribution in [-0.2, 0) is 14.3 Å². The highest BCUT2D eigenvalue weighted by atomic mass is 16.6. The molecule has 112 valence electrons. The molecule has 0 bridgehead atoms. The maximum Gasteiger partial charge on any atom is 0.306 e. The Hall–Kier alpha value is -1.10. The first-order valence-corrected chi connectivity index (χ1v) is 6.90. The zero-order valence-corrected chi connectivity index (χ0v) is 12.6. The van der Waals surface area contributed by atoms with Crippen LogP contribution in [0.15, 0.2) is 0 Å². The topological polar surface area (TPSA) is 66.8 Å². The van der Waals surface area contributed by atoms with Gasteiger partial charge in [0.2, 0.25) is 5.91 Å². The van der Waals surface area contributed by atoms with Crippen molar-refractivity contribution in [1.29, 1.82) is 0 Å². The fourth-order valence-electron chi connectivity index (χ4n) is 1.59. The van der Waals surface area contributed by atoms with Crippen LogP contribution in [0.3, 0.4) is 0 Å². The molecule has 1 amide bonds. The highest BCUT2D eigenvalue weighted by molar-refractivity contribution is 5.81. The van der Waals surface area contributed by atoms with Crippen molar-refractivity contribution in [3.05, 3.63) is 0 Å². The summed E-state index contributed by atoms with van der Waals surface area (Å²) in [5, 5.41) is 8.93. The first-order valence-electron chi connectivity index (χ1n) is 6.90. The quantitative estimate of drug-likeness (QED) is 0.684. The van der Waals surface area contributed by atoms with Crippen molar-refractivity contribution in [3.8, 4) is 0 Å². The predicted molar refractivity (Wildman–Crippen MR) is 73.7 cm³/mol. The number of aliphatic hydroxyl groups excluding tert-OH is 1. The number of aliphatic hydroxyl groups is 1. The minimum absolute atomic E-state index is 0.0537. The standard InChI is InChI=1S/C14H27NO4/c1-5-6-9-15(10-11-16)12(17)7-8-13(18)19-14(2,3)4/h16H,5-11H2,1-4H3. The van der Waals surface area contributed by atoms with Crippen molar-refractivity contribution in [2.75, 3.05) is 19.7 Å². The van der Waals surface area contributed by atoms with E-state index in [1.54, 1.807) is 25.7 Å². The molecular weight excluding hydrogens is 246 g/mol. The maximum absolute atomic E-state index is 11.9. The zero-order valence-electron chi connectivity index (χ0n) is 12.6. The number of rotatable bonds is 8. The third-order valence-electron chi connectivity index (χ3n) is 2.47. The van der Waals surface area contributed by atoms with Gasteiger partial charge in [-0.05, 0) is 27.2 Å². The van der Waals surface area contributed by atoms with Gasteiger partial charge in [0.25, 0.3) is 0 Å². The molecule has 0 rings (SSSR count). The smallest absolute Gasteiger partial charge is 0.306 e. The number of amides is 1. The van der Waals surface area contributed by atoms with Gasteiger partial charge in [0.1, 0.15) is 5.60 Å². The summed E-state index contributed by atoms with van der Waals surface area (Å²) < 4.78 is 5.15. The molecule has 0 atom stereocenters. The monoisotopic (exact) mass is 273 g/mol. The molecule has 0 aliphatic rings. The van der Waals surface area contributed by atoms with E-state index in [1.807, 2.05) is 6.92 Å². The summed E-state index contributed by atoms with van der Waals surface area (Å²) in [7, 11) is 0. The van der Waals surface area contributed by atoms with Gasteiger partial charge in [0.15, 0.2) is 0 Å². The fraction of sp³-hybridized carbons (Fsp3) is 0.857.